The minimum atomic E-state index is -4.55. The van der Waals surface area contributed by atoms with Crippen molar-refractivity contribution in [2.24, 2.45) is 0 Å². The molecule has 3 heterocycles. The maximum Gasteiger partial charge on any atom is 0.411 e. The molecule has 26 heavy (non-hydrogen) atoms. The summed E-state index contributed by atoms with van der Waals surface area (Å²) in [5, 5.41) is 3.66. The van der Waals surface area contributed by atoms with Crippen molar-refractivity contribution in [2.75, 3.05) is 26.2 Å². The molecule has 1 N–H and O–H groups in total. The summed E-state index contributed by atoms with van der Waals surface area (Å²) in [6.07, 6.45) is 0.612. The molecule has 0 saturated carbocycles. The molecule has 2 aromatic heterocycles. The summed E-state index contributed by atoms with van der Waals surface area (Å²) in [6.45, 7) is 4.07. The number of halogens is 3. The molecule has 0 bridgehead atoms. The van der Waals surface area contributed by atoms with Gasteiger partial charge in [-0.2, -0.15) is 18.3 Å². The van der Waals surface area contributed by atoms with Crippen LogP contribution < -0.4 is 0 Å². The zero-order chi connectivity index (χ0) is 18.7. The minimum absolute atomic E-state index is 0.151. The van der Waals surface area contributed by atoms with Crippen molar-refractivity contribution in [1.82, 2.24) is 29.5 Å². The molecule has 0 aliphatic carbocycles. The monoisotopic (exact) mass is 370 g/mol. The quantitative estimate of drug-likeness (QED) is 0.874. The normalized spacial score (nSPS) is 20.3. The van der Waals surface area contributed by atoms with Gasteiger partial charge in [-0.3, -0.25) is 14.4 Å². The van der Waals surface area contributed by atoms with Gasteiger partial charge in [0.05, 0.1) is 12.5 Å². The van der Waals surface area contributed by atoms with Gasteiger partial charge in [0.15, 0.2) is 6.04 Å². The topological polar surface area (TPSA) is 70.1 Å². The van der Waals surface area contributed by atoms with E-state index in [1.165, 1.54) is 23.4 Å². The first-order chi connectivity index (χ1) is 12.4. The fraction of sp³-hybridized carbons (Fsp3) is 0.562. The van der Waals surface area contributed by atoms with E-state index in [0.29, 0.717) is 25.5 Å². The minimum Gasteiger partial charge on any atom is -0.347 e. The van der Waals surface area contributed by atoms with Gasteiger partial charge in [0, 0.05) is 44.4 Å². The van der Waals surface area contributed by atoms with Crippen LogP contribution in [-0.4, -0.2) is 67.8 Å². The SMILES string of the molecule is CCN1CCN(C(=O)CC(n2cccn2)C(F)(F)F)CC1c1ncc[nH]1. The van der Waals surface area contributed by atoms with Crippen molar-refractivity contribution in [2.45, 2.75) is 31.6 Å². The van der Waals surface area contributed by atoms with Crippen molar-refractivity contribution in [1.29, 1.82) is 0 Å². The molecule has 0 radical (unpaired) electrons. The lowest BCUT2D eigenvalue weighted by Gasteiger charge is -2.40. The Bertz CT molecular complexity index is 700. The Morgan fingerprint density at radius 1 is 1.38 bits per heavy atom. The van der Waals surface area contributed by atoms with Gasteiger partial charge < -0.3 is 9.88 Å². The molecule has 142 valence electrons. The summed E-state index contributed by atoms with van der Waals surface area (Å²) >= 11 is 0. The van der Waals surface area contributed by atoms with E-state index in [1.54, 1.807) is 12.4 Å². The Labute approximate surface area is 148 Å². The van der Waals surface area contributed by atoms with E-state index in [4.69, 9.17) is 0 Å². The molecule has 1 aliphatic heterocycles. The van der Waals surface area contributed by atoms with E-state index in [-0.39, 0.29) is 6.04 Å². The van der Waals surface area contributed by atoms with Crippen LogP contribution in [0.25, 0.3) is 0 Å². The number of aromatic amines is 1. The zero-order valence-corrected chi connectivity index (χ0v) is 14.4. The highest BCUT2D eigenvalue weighted by Crippen LogP contribution is 2.33. The average molecular weight is 370 g/mol. The van der Waals surface area contributed by atoms with E-state index in [1.807, 2.05) is 6.92 Å². The van der Waals surface area contributed by atoms with Crippen LogP contribution in [0.2, 0.25) is 0 Å². The number of piperazine rings is 1. The molecule has 3 rings (SSSR count). The Morgan fingerprint density at radius 3 is 2.77 bits per heavy atom. The predicted molar refractivity (Wildman–Crippen MR) is 87.1 cm³/mol. The Balaban J connectivity index is 1.73. The number of H-pyrrole nitrogens is 1. The van der Waals surface area contributed by atoms with Crippen LogP contribution in [0.15, 0.2) is 30.9 Å². The van der Waals surface area contributed by atoms with Crippen molar-refractivity contribution in [3.8, 4) is 0 Å². The van der Waals surface area contributed by atoms with E-state index in [2.05, 4.69) is 20.0 Å². The zero-order valence-electron chi connectivity index (χ0n) is 14.4. The number of likely N-dealkylation sites (N-methyl/N-ethyl adjacent to an activating group) is 1. The fourth-order valence-corrected chi connectivity index (χ4v) is 3.26. The lowest BCUT2D eigenvalue weighted by Crippen LogP contribution is -2.51. The van der Waals surface area contributed by atoms with Crippen LogP contribution in [0.4, 0.5) is 13.2 Å². The number of carbonyl (C=O) groups is 1. The summed E-state index contributed by atoms with van der Waals surface area (Å²) in [4.78, 5) is 23.5. The third-order valence-corrected chi connectivity index (χ3v) is 4.68. The molecule has 1 aliphatic rings. The van der Waals surface area contributed by atoms with Crippen molar-refractivity contribution < 1.29 is 18.0 Å². The van der Waals surface area contributed by atoms with E-state index < -0.39 is 24.5 Å². The lowest BCUT2D eigenvalue weighted by molar-refractivity contribution is -0.177. The molecule has 10 heteroatoms. The van der Waals surface area contributed by atoms with E-state index >= 15 is 0 Å². The molecule has 0 aromatic carbocycles. The van der Waals surface area contributed by atoms with Gasteiger partial charge in [0.25, 0.3) is 0 Å². The first kappa shape index (κ1) is 18.4. The van der Waals surface area contributed by atoms with Gasteiger partial charge in [-0.1, -0.05) is 6.92 Å². The summed E-state index contributed by atoms with van der Waals surface area (Å²) < 4.78 is 40.9. The molecule has 7 nitrogen and oxygen atoms in total. The molecule has 1 amide bonds. The Kier molecular flexibility index (Phi) is 5.30. The number of nitrogens with zero attached hydrogens (tertiary/aromatic N) is 5. The number of rotatable bonds is 5. The van der Waals surface area contributed by atoms with Gasteiger partial charge in [-0.15, -0.1) is 0 Å². The molecular weight excluding hydrogens is 349 g/mol. The smallest absolute Gasteiger partial charge is 0.347 e. The summed E-state index contributed by atoms with van der Waals surface area (Å²) in [7, 11) is 0. The number of hydrogen-bond acceptors (Lipinski definition) is 4. The van der Waals surface area contributed by atoms with Crippen molar-refractivity contribution in [3.63, 3.8) is 0 Å². The molecule has 2 aromatic rings. The third kappa shape index (κ3) is 3.90. The largest absolute Gasteiger partial charge is 0.411 e. The number of nitrogens with one attached hydrogen (secondary N) is 1. The predicted octanol–water partition coefficient (Wildman–Crippen LogP) is 2.01. The first-order valence-corrected chi connectivity index (χ1v) is 8.47. The second-order valence-corrected chi connectivity index (χ2v) is 6.21. The molecule has 0 spiro atoms. The van der Waals surface area contributed by atoms with E-state index in [0.717, 1.165) is 11.2 Å². The van der Waals surface area contributed by atoms with Crippen LogP contribution in [-0.2, 0) is 4.79 Å². The van der Waals surface area contributed by atoms with E-state index in [9.17, 15) is 18.0 Å². The second-order valence-electron chi connectivity index (χ2n) is 6.21. The Hall–Kier alpha value is -2.36. The number of carbonyl (C=O) groups excluding carboxylic acids is 1. The third-order valence-electron chi connectivity index (χ3n) is 4.68. The van der Waals surface area contributed by atoms with Crippen LogP contribution in [0, 0.1) is 0 Å². The average Bonchev–Trinajstić information content (AvgIpc) is 3.31. The van der Waals surface area contributed by atoms with Crippen molar-refractivity contribution in [3.05, 3.63) is 36.7 Å². The molecule has 1 fully saturated rings. The summed E-state index contributed by atoms with van der Waals surface area (Å²) in [5.41, 5.74) is 0. The standard InChI is InChI=1S/C16H21F3N6O/c1-2-23-8-9-24(11-12(23)15-20-5-6-21-15)14(26)10-13(16(17,18)19)25-7-3-4-22-25/h3-7,12-13H,2,8-11H2,1H3,(H,20,21). The number of hydrogen-bond donors (Lipinski definition) is 1. The van der Waals surface area contributed by atoms with Crippen LogP contribution in [0.5, 0.6) is 0 Å². The number of aromatic nitrogens is 4. The molecule has 2 atom stereocenters. The number of alkyl halides is 3. The van der Waals surface area contributed by atoms with Crippen LogP contribution >= 0.6 is 0 Å². The highest BCUT2D eigenvalue weighted by atomic mass is 19.4. The fourth-order valence-electron chi connectivity index (χ4n) is 3.26. The maximum atomic E-state index is 13.4. The second kappa shape index (κ2) is 7.48. The van der Waals surface area contributed by atoms with Gasteiger partial charge in [-0.05, 0) is 12.6 Å². The van der Waals surface area contributed by atoms with Gasteiger partial charge in [-0.25, -0.2) is 4.98 Å². The molecular formula is C16H21F3N6O. The highest BCUT2D eigenvalue weighted by molar-refractivity contribution is 5.77. The number of imidazole rings is 1. The lowest BCUT2D eigenvalue weighted by atomic mass is 10.1. The van der Waals surface area contributed by atoms with Crippen LogP contribution in [0.3, 0.4) is 0 Å². The molecule has 1 saturated heterocycles. The van der Waals surface area contributed by atoms with Gasteiger partial charge in [0.1, 0.15) is 5.82 Å². The number of amides is 1. The summed E-state index contributed by atoms with van der Waals surface area (Å²) in [6, 6.07) is -0.700. The van der Waals surface area contributed by atoms with Gasteiger partial charge in [0.2, 0.25) is 5.91 Å². The molecule has 2 unspecified atom stereocenters. The highest BCUT2D eigenvalue weighted by Gasteiger charge is 2.44. The van der Waals surface area contributed by atoms with Crippen LogP contribution in [0.1, 0.15) is 31.3 Å². The van der Waals surface area contributed by atoms with Gasteiger partial charge >= 0.3 is 6.18 Å². The Morgan fingerprint density at radius 2 is 2.19 bits per heavy atom. The first-order valence-electron chi connectivity index (χ1n) is 8.47. The van der Waals surface area contributed by atoms with Crippen molar-refractivity contribution >= 4 is 5.91 Å². The summed E-state index contributed by atoms with van der Waals surface area (Å²) in [5.74, 6) is 0.180. The maximum absolute atomic E-state index is 13.4.